The molecule has 0 N–H and O–H groups in total. The van der Waals surface area contributed by atoms with Crippen molar-refractivity contribution in [2.75, 3.05) is 31.1 Å². The fraction of sp³-hybridized carbons (Fsp3) is 0.435. The number of carbonyl (C=O) groups excluding carboxylic acids is 1. The van der Waals surface area contributed by atoms with E-state index in [1.165, 1.54) is 4.31 Å². The predicted octanol–water partition coefficient (Wildman–Crippen LogP) is 3.36. The Hall–Kier alpha value is -2.58. The van der Waals surface area contributed by atoms with Gasteiger partial charge in [-0.2, -0.15) is 4.31 Å². The lowest BCUT2D eigenvalue weighted by atomic mass is 10.2. The molecule has 1 unspecified atom stereocenters. The second-order valence-electron chi connectivity index (χ2n) is 7.96. The molecule has 166 valence electrons. The van der Waals surface area contributed by atoms with Crippen LogP contribution in [-0.4, -0.2) is 51.0 Å². The zero-order chi connectivity index (χ0) is 22.0. The molecule has 0 radical (unpaired) electrons. The lowest BCUT2D eigenvalue weighted by Gasteiger charge is -2.31. The molecule has 0 saturated carbocycles. The Labute approximate surface area is 183 Å². The Morgan fingerprint density at radius 1 is 1.16 bits per heavy atom. The van der Waals surface area contributed by atoms with Gasteiger partial charge in [-0.05, 0) is 55.7 Å². The summed E-state index contributed by atoms with van der Waals surface area (Å²) in [6.07, 6.45) is 1.66. The van der Waals surface area contributed by atoms with Crippen LogP contribution in [0.4, 0.5) is 5.69 Å². The molecule has 2 heterocycles. The van der Waals surface area contributed by atoms with Crippen molar-refractivity contribution in [3.8, 4) is 11.5 Å². The van der Waals surface area contributed by atoms with Gasteiger partial charge in [-0.15, -0.1) is 0 Å². The second kappa shape index (κ2) is 8.88. The highest BCUT2D eigenvalue weighted by Gasteiger charge is 2.31. The van der Waals surface area contributed by atoms with Crippen molar-refractivity contribution >= 4 is 21.6 Å². The standard InChI is InChI=1S/C23H28N2O5S/c1-3-12-24(15-19-16-29-20-7-4-5-8-21(20)30-19)31(27,28)22-11-10-18(14-17(22)2)25-13-6-9-23(25)26/h4-5,7-8,10-11,14,19H,3,6,9,12-13,15-16H2,1-2H3. The first kappa shape index (κ1) is 21.6. The van der Waals surface area contributed by atoms with Crippen LogP contribution < -0.4 is 14.4 Å². The van der Waals surface area contributed by atoms with Crippen LogP contribution in [0.3, 0.4) is 0 Å². The van der Waals surface area contributed by atoms with Gasteiger partial charge in [-0.1, -0.05) is 19.1 Å². The number of sulfonamides is 1. The van der Waals surface area contributed by atoms with E-state index in [9.17, 15) is 13.2 Å². The van der Waals surface area contributed by atoms with Gasteiger partial charge < -0.3 is 14.4 Å². The van der Waals surface area contributed by atoms with Crippen molar-refractivity contribution < 1.29 is 22.7 Å². The third kappa shape index (κ3) is 4.41. The molecule has 2 aliphatic rings. The summed E-state index contributed by atoms with van der Waals surface area (Å²) in [7, 11) is -3.73. The van der Waals surface area contributed by atoms with Gasteiger partial charge in [-0.25, -0.2) is 8.42 Å². The fourth-order valence-corrected chi connectivity index (χ4v) is 5.86. The molecule has 4 rings (SSSR count). The Balaban J connectivity index is 1.55. The molecule has 1 saturated heterocycles. The Morgan fingerprint density at radius 2 is 1.94 bits per heavy atom. The first-order chi connectivity index (χ1) is 14.9. The van der Waals surface area contributed by atoms with Gasteiger partial charge in [0.1, 0.15) is 12.7 Å². The summed E-state index contributed by atoms with van der Waals surface area (Å²) in [5.41, 5.74) is 1.38. The number of anilines is 1. The maximum absolute atomic E-state index is 13.5. The van der Waals surface area contributed by atoms with E-state index in [4.69, 9.17) is 9.47 Å². The lowest BCUT2D eigenvalue weighted by molar-refractivity contribution is -0.117. The monoisotopic (exact) mass is 444 g/mol. The SMILES string of the molecule is CCCN(CC1COc2ccccc2O1)S(=O)(=O)c1ccc(N2CCCC2=O)cc1C. The van der Waals surface area contributed by atoms with Gasteiger partial charge in [0, 0.05) is 25.2 Å². The van der Waals surface area contributed by atoms with Crippen molar-refractivity contribution in [2.45, 2.75) is 44.1 Å². The van der Waals surface area contributed by atoms with Crippen LogP contribution in [-0.2, 0) is 14.8 Å². The number of benzene rings is 2. The number of hydrogen-bond donors (Lipinski definition) is 0. The summed E-state index contributed by atoms with van der Waals surface area (Å²) in [6.45, 7) is 5.28. The van der Waals surface area contributed by atoms with Crippen LogP contribution in [0.15, 0.2) is 47.4 Å². The quantitative estimate of drug-likeness (QED) is 0.655. The summed E-state index contributed by atoms with van der Waals surface area (Å²) >= 11 is 0. The summed E-state index contributed by atoms with van der Waals surface area (Å²) in [4.78, 5) is 14.0. The van der Waals surface area contributed by atoms with Crippen LogP contribution in [0.1, 0.15) is 31.7 Å². The highest BCUT2D eigenvalue weighted by atomic mass is 32.2. The summed E-state index contributed by atoms with van der Waals surface area (Å²) < 4.78 is 40.2. The van der Waals surface area contributed by atoms with Crippen molar-refractivity contribution in [3.05, 3.63) is 48.0 Å². The van der Waals surface area contributed by atoms with Crippen LogP contribution >= 0.6 is 0 Å². The first-order valence-electron chi connectivity index (χ1n) is 10.7. The van der Waals surface area contributed by atoms with Crippen LogP contribution in [0.2, 0.25) is 0 Å². The average molecular weight is 445 g/mol. The zero-order valence-electron chi connectivity index (χ0n) is 17.9. The molecule has 2 aliphatic heterocycles. The third-order valence-electron chi connectivity index (χ3n) is 5.61. The number of carbonyl (C=O) groups is 1. The Bertz CT molecular complexity index is 1070. The number of amides is 1. The predicted molar refractivity (Wildman–Crippen MR) is 118 cm³/mol. The van der Waals surface area contributed by atoms with E-state index in [1.54, 1.807) is 30.0 Å². The van der Waals surface area contributed by atoms with E-state index in [0.717, 1.165) is 12.1 Å². The van der Waals surface area contributed by atoms with Crippen LogP contribution in [0.5, 0.6) is 11.5 Å². The average Bonchev–Trinajstić information content (AvgIpc) is 3.19. The number of aryl methyl sites for hydroxylation is 1. The number of rotatable bonds is 7. The maximum atomic E-state index is 13.5. The minimum Gasteiger partial charge on any atom is -0.486 e. The van der Waals surface area contributed by atoms with Crippen molar-refractivity contribution in [2.24, 2.45) is 0 Å². The molecule has 1 fully saturated rings. The molecule has 2 aromatic rings. The van der Waals surface area contributed by atoms with E-state index in [2.05, 4.69) is 0 Å². The van der Waals surface area contributed by atoms with E-state index in [1.807, 2.05) is 31.2 Å². The van der Waals surface area contributed by atoms with Crippen molar-refractivity contribution in [1.82, 2.24) is 4.31 Å². The fourth-order valence-electron chi connectivity index (χ4n) is 4.09. The highest BCUT2D eigenvalue weighted by Crippen LogP contribution is 2.32. The molecule has 31 heavy (non-hydrogen) atoms. The van der Waals surface area contributed by atoms with E-state index in [0.29, 0.717) is 49.6 Å². The minimum atomic E-state index is -3.73. The molecule has 0 aromatic heterocycles. The summed E-state index contributed by atoms with van der Waals surface area (Å²) in [6, 6.07) is 12.5. The van der Waals surface area contributed by atoms with Gasteiger partial charge in [-0.3, -0.25) is 4.79 Å². The smallest absolute Gasteiger partial charge is 0.243 e. The van der Waals surface area contributed by atoms with Crippen molar-refractivity contribution in [3.63, 3.8) is 0 Å². The molecule has 7 nitrogen and oxygen atoms in total. The number of fused-ring (bicyclic) bond motifs is 1. The first-order valence-corrected chi connectivity index (χ1v) is 12.1. The molecule has 1 amide bonds. The largest absolute Gasteiger partial charge is 0.486 e. The Morgan fingerprint density at radius 3 is 2.61 bits per heavy atom. The van der Waals surface area contributed by atoms with Gasteiger partial charge in [0.2, 0.25) is 15.9 Å². The molecule has 2 aromatic carbocycles. The normalized spacial score (nSPS) is 18.6. The maximum Gasteiger partial charge on any atom is 0.243 e. The van der Waals surface area contributed by atoms with Crippen LogP contribution in [0.25, 0.3) is 0 Å². The second-order valence-corrected chi connectivity index (χ2v) is 9.87. The van der Waals surface area contributed by atoms with Crippen molar-refractivity contribution in [1.29, 1.82) is 0 Å². The van der Waals surface area contributed by atoms with E-state index >= 15 is 0 Å². The van der Waals surface area contributed by atoms with Crippen LogP contribution in [0, 0.1) is 6.92 Å². The molecular formula is C23H28N2O5S. The van der Waals surface area contributed by atoms with Gasteiger partial charge in [0.25, 0.3) is 0 Å². The number of para-hydroxylation sites is 2. The molecule has 1 atom stereocenters. The topological polar surface area (TPSA) is 76.2 Å². The highest BCUT2D eigenvalue weighted by molar-refractivity contribution is 7.89. The molecular weight excluding hydrogens is 416 g/mol. The third-order valence-corrected chi connectivity index (χ3v) is 7.63. The molecule has 8 heteroatoms. The summed E-state index contributed by atoms with van der Waals surface area (Å²) in [5.74, 6) is 1.38. The van der Waals surface area contributed by atoms with Gasteiger partial charge in [0.15, 0.2) is 11.5 Å². The molecule has 0 spiro atoms. The van der Waals surface area contributed by atoms with Gasteiger partial charge >= 0.3 is 0 Å². The lowest BCUT2D eigenvalue weighted by Crippen LogP contribution is -2.44. The minimum absolute atomic E-state index is 0.0809. The number of ether oxygens (including phenoxy) is 2. The molecule has 0 aliphatic carbocycles. The summed E-state index contributed by atoms with van der Waals surface area (Å²) in [5, 5.41) is 0. The van der Waals surface area contributed by atoms with E-state index in [-0.39, 0.29) is 17.3 Å². The Kier molecular flexibility index (Phi) is 6.20. The number of hydrogen-bond acceptors (Lipinski definition) is 5. The van der Waals surface area contributed by atoms with Gasteiger partial charge in [0.05, 0.1) is 11.4 Å². The zero-order valence-corrected chi connectivity index (χ0v) is 18.7. The molecule has 0 bridgehead atoms. The number of nitrogens with zero attached hydrogens (tertiary/aromatic N) is 2. The van der Waals surface area contributed by atoms with E-state index < -0.39 is 16.1 Å².